The average Bonchev–Trinajstić information content (AvgIpc) is 3.27. The third-order valence-corrected chi connectivity index (χ3v) is 11.4. The number of halogens is 4. The van der Waals surface area contributed by atoms with Crippen LogP contribution in [0.1, 0.15) is 109 Å². The number of benzene rings is 4. The van der Waals surface area contributed by atoms with Crippen LogP contribution in [0.2, 0.25) is 0 Å². The van der Waals surface area contributed by atoms with Gasteiger partial charge in [0, 0.05) is 0 Å². The van der Waals surface area contributed by atoms with Crippen molar-refractivity contribution in [3.05, 3.63) is 118 Å². The number of aliphatic hydroxyl groups is 4. The van der Waals surface area contributed by atoms with E-state index in [1.807, 2.05) is 27.7 Å². The molecule has 8 rings (SSSR count). The highest BCUT2D eigenvalue weighted by Crippen LogP contribution is 2.33. The molecule has 336 valence electrons. The lowest BCUT2D eigenvalue weighted by atomic mass is 9.98. The molecule has 0 fully saturated rings. The van der Waals surface area contributed by atoms with Gasteiger partial charge < -0.3 is 39.4 Å². The largest absolute Gasteiger partial charge is 0.487 e. The molecule has 4 aliphatic rings. The Labute approximate surface area is 358 Å². The van der Waals surface area contributed by atoms with E-state index in [1.54, 1.807) is 24.3 Å². The zero-order chi connectivity index (χ0) is 43.3. The predicted octanol–water partition coefficient (Wildman–Crippen LogP) is 9.80. The number of hydrogen-bond acceptors (Lipinski definition) is 8. The number of hydrogen-bond donors (Lipinski definition) is 4. The van der Waals surface area contributed by atoms with Crippen LogP contribution in [-0.4, -0.2) is 69.3 Å². The van der Waals surface area contributed by atoms with Crippen molar-refractivity contribution in [1.82, 2.24) is 0 Å². The Kier molecular flexibility index (Phi) is 19.2. The molecule has 12 heteroatoms. The molecule has 0 aliphatic carbocycles. The van der Waals surface area contributed by atoms with E-state index in [0.29, 0.717) is 48.7 Å². The van der Waals surface area contributed by atoms with Gasteiger partial charge in [0.1, 0.15) is 70.7 Å². The maximum atomic E-state index is 12.9. The fraction of sp³-hybridized carbons (Fsp3) is 0.510. The summed E-state index contributed by atoms with van der Waals surface area (Å²) in [5.41, 5.74) is 3.59. The molecule has 4 aromatic carbocycles. The van der Waals surface area contributed by atoms with Crippen molar-refractivity contribution in [2.45, 2.75) is 161 Å². The topological polar surface area (TPSA) is 118 Å². The lowest BCUT2D eigenvalue weighted by molar-refractivity contribution is 0.0219. The SMILES string of the molecule is C.CC[C@@H](O)[C@@H]1CCc2cc(F)ccc2O1.CC[C@@H](O)[C@H]1CCc2cc(F)ccc2O1.CC[C@H](O)[C@@H]1CCc2cc(F)ccc2O1.CC[C@H](O)[C@H]1CCc2cc(F)ccc2O1. The van der Waals surface area contributed by atoms with Gasteiger partial charge in [-0.3, -0.25) is 0 Å². The van der Waals surface area contributed by atoms with E-state index in [2.05, 4.69) is 0 Å². The molecular weight excluding hydrogens is 793 g/mol. The van der Waals surface area contributed by atoms with Crippen molar-refractivity contribution in [1.29, 1.82) is 0 Å². The minimum absolute atomic E-state index is 0. The maximum absolute atomic E-state index is 12.9. The highest BCUT2D eigenvalue weighted by Gasteiger charge is 2.28. The third kappa shape index (κ3) is 13.8. The molecule has 8 nitrogen and oxygen atoms in total. The first-order valence-electron chi connectivity index (χ1n) is 21.3. The van der Waals surface area contributed by atoms with E-state index in [-0.39, 0.29) is 55.1 Å². The van der Waals surface area contributed by atoms with Crippen molar-refractivity contribution in [3.8, 4) is 23.0 Å². The molecule has 0 spiro atoms. The van der Waals surface area contributed by atoms with E-state index >= 15 is 0 Å². The van der Waals surface area contributed by atoms with Crippen molar-refractivity contribution < 1.29 is 56.9 Å². The zero-order valence-electron chi connectivity index (χ0n) is 35.0. The van der Waals surface area contributed by atoms with Crippen molar-refractivity contribution in [3.63, 3.8) is 0 Å². The summed E-state index contributed by atoms with van der Waals surface area (Å²) >= 11 is 0. The number of aryl methyl sites for hydroxylation is 4. The molecular formula is C49H64F4O8. The second-order valence-electron chi connectivity index (χ2n) is 15.7. The first-order chi connectivity index (χ1) is 28.8. The van der Waals surface area contributed by atoms with Gasteiger partial charge in [0.2, 0.25) is 0 Å². The van der Waals surface area contributed by atoms with Crippen LogP contribution in [0.4, 0.5) is 17.6 Å². The lowest BCUT2D eigenvalue weighted by Gasteiger charge is -2.29. The minimum Gasteiger partial charge on any atom is -0.487 e. The second-order valence-corrected chi connectivity index (χ2v) is 15.7. The summed E-state index contributed by atoms with van der Waals surface area (Å²) in [6.45, 7) is 7.70. The lowest BCUT2D eigenvalue weighted by Crippen LogP contribution is -2.34. The van der Waals surface area contributed by atoms with Crippen molar-refractivity contribution >= 4 is 0 Å². The molecule has 0 unspecified atom stereocenters. The van der Waals surface area contributed by atoms with Gasteiger partial charge in [0.05, 0.1) is 24.4 Å². The summed E-state index contributed by atoms with van der Waals surface area (Å²) in [5, 5.41) is 38.7. The summed E-state index contributed by atoms with van der Waals surface area (Å²) in [6, 6.07) is 18.1. The highest BCUT2D eigenvalue weighted by atomic mass is 19.1. The van der Waals surface area contributed by atoms with Gasteiger partial charge >= 0.3 is 0 Å². The second kappa shape index (κ2) is 23.7. The fourth-order valence-electron chi connectivity index (χ4n) is 7.65. The number of ether oxygens (including phenoxy) is 4. The van der Waals surface area contributed by atoms with Gasteiger partial charge in [-0.25, -0.2) is 17.6 Å². The van der Waals surface area contributed by atoms with Crippen LogP contribution in [0.25, 0.3) is 0 Å². The Morgan fingerprint density at radius 2 is 0.607 bits per heavy atom. The van der Waals surface area contributed by atoms with Gasteiger partial charge in [-0.15, -0.1) is 0 Å². The van der Waals surface area contributed by atoms with Crippen LogP contribution in [0.3, 0.4) is 0 Å². The normalized spacial score (nSPS) is 21.3. The Hall–Kier alpha value is -4.36. The number of aliphatic hydroxyl groups excluding tert-OH is 4. The Morgan fingerprint density at radius 1 is 0.410 bits per heavy atom. The standard InChI is InChI=1S/4C12H15FO2.CH4/c4*1-2-10(14)12-5-3-8-7-9(13)4-6-11(8)15-12;/h4*4,6-7,10,12,14H,2-3,5H2,1H3;1H4/t2*10-,12+;2*10-,12-;/m1010./s1. The fourth-order valence-corrected chi connectivity index (χ4v) is 7.65. The summed E-state index contributed by atoms with van der Waals surface area (Å²) in [5.74, 6) is 1.91. The molecule has 61 heavy (non-hydrogen) atoms. The molecule has 4 heterocycles. The van der Waals surface area contributed by atoms with Crippen LogP contribution < -0.4 is 18.9 Å². The van der Waals surface area contributed by atoms with Crippen LogP contribution in [0.5, 0.6) is 23.0 Å². The quantitative estimate of drug-likeness (QED) is 0.130. The third-order valence-electron chi connectivity index (χ3n) is 11.4. The van der Waals surface area contributed by atoms with E-state index in [9.17, 15) is 38.0 Å². The molecule has 0 saturated heterocycles. The van der Waals surface area contributed by atoms with Crippen molar-refractivity contribution in [2.75, 3.05) is 0 Å². The van der Waals surface area contributed by atoms with Crippen LogP contribution in [0.15, 0.2) is 72.8 Å². The van der Waals surface area contributed by atoms with E-state index in [0.717, 1.165) is 73.6 Å². The molecule has 0 bridgehead atoms. The van der Waals surface area contributed by atoms with E-state index in [1.165, 1.54) is 48.5 Å². The summed E-state index contributed by atoms with van der Waals surface area (Å²) < 4.78 is 74.1. The van der Waals surface area contributed by atoms with Gasteiger partial charge in [-0.05, 0) is 172 Å². The molecule has 0 amide bonds. The van der Waals surface area contributed by atoms with Gasteiger partial charge in [-0.2, -0.15) is 0 Å². The summed E-state index contributed by atoms with van der Waals surface area (Å²) in [6.07, 6.45) is 6.55. The number of fused-ring (bicyclic) bond motifs is 4. The molecule has 4 N–H and O–H groups in total. The zero-order valence-corrected chi connectivity index (χ0v) is 35.0. The monoisotopic (exact) mass is 856 g/mol. The highest BCUT2D eigenvalue weighted by molar-refractivity contribution is 5.38. The van der Waals surface area contributed by atoms with Crippen LogP contribution >= 0.6 is 0 Å². The molecule has 0 radical (unpaired) electrons. The Bertz CT molecular complexity index is 1680. The molecule has 4 aliphatic heterocycles. The molecule has 4 aromatic rings. The van der Waals surface area contributed by atoms with Crippen molar-refractivity contribution in [2.24, 2.45) is 0 Å². The smallest absolute Gasteiger partial charge is 0.125 e. The first kappa shape index (κ1) is 49.3. The van der Waals surface area contributed by atoms with Gasteiger partial charge in [0.15, 0.2) is 0 Å². The Morgan fingerprint density at radius 3 is 0.787 bits per heavy atom. The Balaban J connectivity index is 0.000000178. The average molecular weight is 857 g/mol. The van der Waals surface area contributed by atoms with Crippen LogP contribution in [-0.2, 0) is 25.7 Å². The van der Waals surface area contributed by atoms with Gasteiger partial charge in [0.25, 0.3) is 0 Å². The summed E-state index contributed by atoms with van der Waals surface area (Å²) in [7, 11) is 0. The van der Waals surface area contributed by atoms with Crippen LogP contribution in [0, 0.1) is 23.3 Å². The predicted molar refractivity (Wildman–Crippen MR) is 228 cm³/mol. The molecule has 0 aromatic heterocycles. The molecule has 8 atom stereocenters. The van der Waals surface area contributed by atoms with Gasteiger partial charge in [-0.1, -0.05) is 35.1 Å². The van der Waals surface area contributed by atoms with E-state index < -0.39 is 24.4 Å². The first-order valence-corrected chi connectivity index (χ1v) is 21.3. The number of rotatable bonds is 8. The van der Waals surface area contributed by atoms with E-state index in [4.69, 9.17) is 18.9 Å². The maximum Gasteiger partial charge on any atom is 0.125 e. The summed E-state index contributed by atoms with van der Waals surface area (Å²) in [4.78, 5) is 0. The molecule has 0 saturated carbocycles. The minimum atomic E-state index is -0.428.